The van der Waals surface area contributed by atoms with Gasteiger partial charge in [-0.05, 0) is 24.3 Å². The van der Waals surface area contributed by atoms with Crippen molar-refractivity contribution < 1.29 is 25.7 Å². The zero-order chi connectivity index (χ0) is 13.2. The molecule has 0 saturated carbocycles. The summed E-state index contributed by atoms with van der Waals surface area (Å²) in [5, 5.41) is 0. The molecule has 8 heteroatoms. The van der Waals surface area contributed by atoms with Gasteiger partial charge in [0.05, 0.1) is 12.5 Å². The first-order chi connectivity index (χ1) is 8.50. The van der Waals surface area contributed by atoms with Crippen molar-refractivity contribution in [2.75, 3.05) is 0 Å². The van der Waals surface area contributed by atoms with Crippen molar-refractivity contribution in [2.24, 2.45) is 0 Å². The standard InChI is InChI=1S/C10H8O6S2/c11-17(12)10(9-4-2-6-16-9)18(13,14)7-8-3-1-5-15-8/h1-6H,7H2. The summed E-state index contributed by atoms with van der Waals surface area (Å²) in [5.74, 6) is -0.594. The van der Waals surface area contributed by atoms with Gasteiger partial charge in [-0.2, -0.15) is 8.42 Å². The number of rotatable bonds is 3. The molecule has 0 bridgehead atoms. The van der Waals surface area contributed by atoms with Crippen LogP contribution in [0.25, 0.3) is 0 Å². The molecular formula is C10H8O6S2. The van der Waals surface area contributed by atoms with Crippen LogP contribution in [0.15, 0.2) is 45.6 Å². The molecule has 0 spiro atoms. The van der Waals surface area contributed by atoms with Gasteiger partial charge in [-0.1, -0.05) is 0 Å². The van der Waals surface area contributed by atoms with Gasteiger partial charge in [0, 0.05) is 0 Å². The zero-order valence-corrected chi connectivity index (χ0v) is 10.6. The SMILES string of the molecule is O=S(=O)=C(c1ccco1)S(=O)(=O)Cc1ccco1. The van der Waals surface area contributed by atoms with Crippen LogP contribution in [-0.4, -0.2) is 21.0 Å². The summed E-state index contributed by atoms with van der Waals surface area (Å²) in [7, 11) is -6.97. The van der Waals surface area contributed by atoms with E-state index in [4.69, 9.17) is 8.83 Å². The second-order valence-corrected chi connectivity index (χ2v) is 6.40. The Morgan fingerprint density at radius 3 is 2.28 bits per heavy atom. The summed E-state index contributed by atoms with van der Waals surface area (Å²) in [4.78, 5) is 0. The third-order valence-corrected chi connectivity index (χ3v) is 5.17. The third kappa shape index (κ3) is 2.54. The molecule has 0 aliphatic rings. The van der Waals surface area contributed by atoms with Crippen LogP contribution < -0.4 is 0 Å². The molecule has 0 radical (unpaired) electrons. The number of hydrogen-bond acceptors (Lipinski definition) is 6. The molecule has 6 nitrogen and oxygen atoms in total. The highest BCUT2D eigenvalue weighted by atomic mass is 32.2. The molecule has 0 amide bonds. The Hall–Kier alpha value is -1.80. The topological polar surface area (TPSA) is 94.6 Å². The normalized spacial score (nSPS) is 11.3. The molecule has 2 aromatic heterocycles. The Bertz CT molecular complexity index is 740. The number of furan rings is 2. The van der Waals surface area contributed by atoms with Gasteiger partial charge in [-0.3, -0.25) is 0 Å². The van der Waals surface area contributed by atoms with Gasteiger partial charge in [0.2, 0.25) is 24.3 Å². The van der Waals surface area contributed by atoms with Crippen molar-refractivity contribution in [3.05, 3.63) is 48.3 Å². The lowest BCUT2D eigenvalue weighted by Gasteiger charge is -2.00. The Morgan fingerprint density at radius 2 is 1.78 bits per heavy atom. The fourth-order valence-corrected chi connectivity index (χ4v) is 3.76. The lowest BCUT2D eigenvalue weighted by Crippen LogP contribution is -2.18. The van der Waals surface area contributed by atoms with E-state index in [1.54, 1.807) is 0 Å². The van der Waals surface area contributed by atoms with Gasteiger partial charge >= 0.3 is 0 Å². The summed E-state index contributed by atoms with van der Waals surface area (Å²) in [6.07, 6.45) is 2.51. The van der Waals surface area contributed by atoms with Crippen LogP contribution in [0.3, 0.4) is 0 Å². The van der Waals surface area contributed by atoms with Crippen molar-refractivity contribution in [3.8, 4) is 0 Å². The van der Waals surface area contributed by atoms with Crippen molar-refractivity contribution in [3.63, 3.8) is 0 Å². The molecule has 0 aliphatic carbocycles. The Morgan fingerprint density at radius 1 is 1.11 bits per heavy atom. The second-order valence-electron chi connectivity index (χ2n) is 3.34. The van der Waals surface area contributed by atoms with Crippen molar-refractivity contribution in [2.45, 2.75) is 5.75 Å². The minimum Gasteiger partial charge on any atom is -0.468 e. The maximum absolute atomic E-state index is 12.0. The smallest absolute Gasteiger partial charge is 0.237 e. The molecule has 0 aliphatic heterocycles. The van der Waals surface area contributed by atoms with E-state index in [0.717, 1.165) is 0 Å². The molecule has 0 N–H and O–H groups in total. The van der Waals surface area contributed by atoms with Gasteiger partial charge in [-0.25, -0.2) is 8.42 Å². The van der Waals surface area contributed by atoms with Crippen molar-refractivity contribution >= 4 is 24.3 Å². The van der Waals surface area contributed by atoms with E-state index in [2.05, 4.69) is 0 Å². The molecular weight excluding hydrogens is 280 g/mol. The first-order valence-corrected chi connectivity index (χ1v) is 7.48. The fourth-order valence-electron chi connectivity index (χ4n) is 1.38. The first-order valence-electron chi connectivity index (χ1n) is 4.76. The van der Waals surface area contributed by atoms with Crippen LogP contribution in [0, 0.1) is 0 Å². The second kappa shape index (κ2) is 4.83. The lowest BCUT2D eigenvalue weighted by molar-refractivity contribution is 0.522. The largest absolute Gasteiger partial charge is 0.468 e. The molecule has 2 rings (SSSR count). The van der Waals surface area contributed by atoms with Gasteiger partial charge in [0.1, 0.15) is 11.5 Å². The highest BCUT2D eigenvalue weighted by molar-refractivity contribution is 8.15. The molecule has 0 unspecified atom stereocenters. The highest BCUT2D eigenvalue weighted by Crippen LogP contribution is 2.13. The number of hydrogen-bond donors (Lipinski definition) is 0. The van der Waals surface area contributed by atoms with Gasteiger partial charge in [0.25, 0.3) is 0 Å². The summed E-state index contributed by atoms with van der Waals surface area (Å²) in [5.41, 5.74) is 0. The molecule has 0 fully saturated rings. The summed E-state index contributed by atoms with van der Waals surface area (Å²) < 4.78 is 55.0. The molecule has 18 heavy (non-hydrogen) atoms. The Labute approximate surface area is 104 Å². The zero-order valence-electron chi connectivity index (χ0n) is 8.94. The predicted octanol–water partition coefficient (Wildman–Crippen LogP) is 0.845. The van der Waals surface area contributed by atoms with E-state index < -0.39 is 30.1 Å². The molecule has 2 aromatic rings. The molecule has 0 aromatic carbocycles. The molecule has 2 heterocycles. The minimum absolute atomic E-state index is 0.157. The average molecular weight is 288 g/mol. The van der Waals surface area contributed by atoms with E-state index in [0.29, 0.717) is 0 Å². The highest BCUT2D eigenvalue weighted by Gasteiger charge is 2.27. The van der Waals surface area contributed by atoms with Gasteiger partial charge < -0.3 is 8.83 Å². The first kappa shape index (κ1) is 12.7. The Balaban J connectivity index is 2.49. The average Bonchev–Trinajstić information content (AvgIpc) is 2.88. The maximum atomic E-state index is 12.0. The van der Waals surface area contributed by atoms with E-state index in [1.807, 2.05) is 0 Å². The van der Waals surface area contributed by atoms with E-state index >= 15 is 0 Å². The molecule has 96 valence electrons. The quantitative estimate of drug-likeness (QED) is 0.777. The lowest BCUT2D eigenvalue weighted by atomic mass is 10.5. The minimum atomic E-state index is -4.05. The maximum Gasteiger partial charge on any atom is 0.237 e. The summed E-state index contributed by atoms with van der Waals surface area (Å²) >= 11 is 0. The summed E-state index contributed by atoms with van der Waals surface area (Å²) in [6.45, 7) is 0. The van der Waals surface area contributed by atoms with Gasteiger partial charge in [-0.15, -0.1) is 0 Å². The Kier molecular flexibility index (Phi) is 3.39. The fraction of sp³-hybridized carbons (Fsp3) is 0.100. The number of sulfone groups is 1. The van der Waals surface area contributed by atoms with Gasteiger partial charge in [0.15, 0.2) is 5.76 Å². The molecule has 0 atom stereocenters. The van der Waals surface area contributed by atoms with E-state index in [9.17, 15) is 16.8 Å². The van der Waals surface area contributed by atoms with Crippen molar-refractivity contribution in [1.29, 1.82) is 0 Å². The monoisotopic (exact) mass is 288 g/mol. The van der Waals surface area contributed by atoms with Crippen LogP contribution in [0.2, 0.25) is 0 Å². The van der Waals surface area contributed by atoms with E-state index in [-0.39, 0.29) is 11.5 Å². The van der Waals surface area contributed by atoms with Crippen LogP contribution in [0.4, 0.5) is 0 Å². The van der Waals surface area contributed by atoms with Crippen LogP contribution in [0.5, 0.6) is 0 Å². The molecule has 0 saturated heterocycles. The predicted molar refractivity (Wildman–Crippen MR) is 63.1 cm³/mol. The third-order valence-electron chi connectivity index (χ3n) is 2.07. The van der Waals surface area contributed by atoms with Crippen LogP contribution in [0.1, 0.15) is 11.5 Å². The van der Waals surface area contributed by atoms with Crippen molar-refractivity contribution in [1.82, 2.24) is 0 Å². The summed E-state index contributed by atoms with van der Waals surface area (Å²) in [6, 6.07) is 5.64. The van der Waals surface area contributed by atoms with E-state index in [1.165, 1.54) is 36.8 Å². The van der Waals surface area contributed by atoms with Crippen LogP contribution >= 0.6 is 0 Å². The van der Waals surface area contributed by atoms with Crippen LogP contribution in [-0.2, 0) is 25.9 Å².